The molecule has 0 heterocycles. The predicted molar refractivity (Wildman–Crippen MR) is 54.4 cm³/mol. The van der Waals surface area contributed by atoms with Crippen LogP contribution in [0.5, 0.6) is 0 Å². The molecule has 0 aliphatic heterocycles. The Balaban J connectivity index is 2.42. The molecule has 0 saturated carbocycles. The first-order chi connectivity index (χ1) is 5.79. The largest absolute Gasteiger partial charge is 0.323 e. The summed E-state index contributed by atoms with van der Waals surface area (Å²) in [6, 6.07) is 8.63. The summed E-state index contributed by atoms with van der Waals surface area (Å²) in [5.74, 6) is 0. The van der Waals surface area contributed by atoms with Gasteiger partial charge in [0.25, 0.3) is 0 Å². The Kier molecular flexibility index (Phi) is 2.20. The van der Waals surface area contributed by atoms with Crippen LogP contribution in [0.3, 0.4) is 0 Å². The van der Waals surface area contributed by atoms with Crippen molar-refractivity contribution in [2.24, 2.45) is 5.73 Å². The summed E-state index contributed by atoms with van der Waals surface area (Å²) in [7, 11) is 0. The van der Waals surface area contributed by atoms with Gasteiger partial charge < -0.3 is 5.73 Å². The van der Waals surface area contributed by atoms with E-state index in [1.807, 2.05) is 0 Å². The molecule has 0 aromatic heterocycles. The Bertz CT molecular complexity index is 285. The highest BCUT2D eigenvalue weighted by Gasteiger charge is 2.23. The van der Waals surface area contributed by atoms with Gasteiger partial charge in [0.15, 0.2) is 0 Å². The first-order valence-corrected chi connectivity index (χ1v) is 5.18. The lowest BCUT2D eigenvalue weighted by Crippen LogP contribution is -2.27. The van der Waals surface area contributed by atoms with Gasteiger partial charge in [-0.15, -0.1) is 0 Å². The van der Waals surface area contributed by atoms with Gasteiger partial charge in [0, 0.05) is 10.9 Å². The zero-order chi connectivity index (χ0) is 8.55. The third-order valence-electron chi connectivity index (χ3n) is 2.49. The molecular formula is C10H12BrN. The van der Waals surface area contributed by atoms with Crippen molar-refractivity contribution in [3.63, 3.8) is 0 Å². The lowest BCUT2D eigenvalue weighted by atomic mass is 9.88. The quantitative estimate of drug-likeness (QED) is 0.675. The van der Waals surface area contributed by atoms with E-state index in [0.29, 0.717) is 4.83 Å². The summed E-state index contributed by atoms with van der Waals surface area (Å²) < 4.78 is 0. The van der Waals surface area contributed by atoms with E-state index in [1.54, 1.807) is 0 Å². The van der Waals surface area contributed by atoms with Gasteiger partial charge in [-0.05, 0) is 24.0 Å². The summed E-state index contributed by atoms with van der Waals surface area (Å²) in [5, 5.41) is 0. The van der Waals surface area contributed by atoms with Gasteiger partial charge in [-0.1, -0.05) is 40.2 Å². The van der Waals surface area contributed by atoms with E-state index in [2.05, 4.69) is 40.2 Å². The minimum Gasteiger partial charge on any atom is -0.323 e. The fraction of sp³-hybridized carbons (Fsp3) is 0.400. The van der Waals surface area contributed by atoms with Crippen molar-refractivity contribution in [2.45, 2.75) is 23.7 Å². The van der Waals surface area contributed by atoms with E-state index in [0.717, 1.165) is 12.8 Å². The average molecular weight is 226 g/mol. The Morgan fingerprint density at radius 1 is 1.33 bits per heavy atom. The Morgan fingerprint density at radius 2 is 2.08 bits per heavy atom. The number of benzene rings is 1. The summed E-state index contributed by atoms with van der Waals surface area (Å²) in [4.78, 5) is 0.451. The molecule has 2 rings (SSSR count). The van der Waals surface area contributed by atoms with Crippen molar-refractivity contribution >= 4 is 15.9 Å². The first-order valence-electron chi connectivity index (χ1n) is 4.26. The Labute approximate surface area is 81.1 Å². The van der Waals surface area contributed by atoms with E-state index in [-0.39, 0.29) is 6.04 Å². The molecule has 0 amide bonds. The lowest BCUT2D eigenvalue weighted by Gasteiger charge is -2.26. The zero-order valence-electron chi connectivity index (χ0n) is 6.83. The molecule has 1 aromatic carbocycles. The van der Waals surface area contributed by atoms with Crippen LogP contribution < -0.4 is 5.73 Å². The maximum Gasteiger partial charge on any atom is 0.0424 e. The van der Waals surface area contributed by atoms with Crippen LogP contribution >= 0.6 is 15.9 Å². The summed E-state index contributed by atoms with van der Waals surface area (Å²) >= 11 is 3.60. The third-order valence-corrected chi connectivity index (χ3v) is 3.52. The fourth-order valence-corrected chi connectivity index (χ4v) is 2.27. The predicted octanol–water partition coefficient (Wildman–Crippen LogP) is 2.40. The van der Waals surface area contributed by atoms with Gasteiger partial charge in [-0.3, -0.25) is 0 Å². The average Bonchev–Trinajstić information content (AvgIpc) is 2.12. The molecule has 0 bridgehead atoms. The number of nitrogens with two attached hydrogens (primary N) is 1. The van der Waals surface area contributed by atoms with Crippen molar-refractivity contribution in [3.05, 3.63) is 35.4 Å². The molecule has 0 fully saturated rings. The molecular weight excluding hydrogens is 214 g/mol. The van der Waals surface area contributed by atoms with Crippen LogP contribution in [0.25, 0.3) is 0 Å². The number of alkyl halides is 1. The topological polar surface area (TPSA) is 26.0 Å². The van der Waals surface area contributed by atoms with E-state index in [1.165, 1.54) is 11.1 Å². The van der Waals surface area contributed by atoms with E-state index in [4.69, 9.17) is 5.73 Å². The van der Waals surface area contributed by atoms with Crippen molar-refractivity contribution in [2.75, 3.05) is 0 Å². The van der Waals surface area contributed by atoms with Crippen LogP contribution in [-0.4, -0.2) is 4.83 Å². The highest BCUT2D eigenvalue weighted by molar-refractivity contribution is 9.09. The highest BCUT2D eigenvalue weighted by atomic mass is 79.9. The van der Waals surface area contributed by atoms with Crippen LogP contribution in [0.1, 0.15) is 23.6 Å². The molecule has 1 aliphatic rings. The second kappa shape index (κ2) is 3.19. The van der Waals surface area contributed by atoms with Crippen molar-refractivity contribution in [1.82, 2.24) is 0 Å². The molecule has 0 saturated heterocycles. The van der Waals surface area contributed by atoms with Gasteiger partial charge in [0.1, 0.15) is 0 Å². The number of hydrogen-bond acceptors (Lipinski definition) is 1. The summed E-state index contributed by atoms with van der Waals surface area (Å²) in [6.07, 6.45) is 2.30. The molecule has 1 aliphatic carbocycles. The van der Waals surface area contributed by atoms with Gasteiger partial charge in [0.05, 0.1) is 0 Å². The van der Waals surface area contributed by atoms with Crippen LogP contribution in [0.15, 0.2) is 24.3 Å². The van der Waals surface area contributed by atoms with Gasteiger partial charge in [0.2, 0.25) is 0 Å². The second-order valence-electron chi connectivity index (χ2n) is 3.28. The second-order valence-corrected chi connectivity index (χ2v) is 4.46. The SMILES string of the molecule is N[C@@H]1c2ccccc2CC[C@@H]1Br. The number of hydrogen-bond donors (Lipinski definition) is 1. The van der Waals surface area contributed by atoms with Crippen LogP contribution in [0.4, 0.5) is 0 Å². The molecule has 64 valence electrons. The van der Waals surface area contributed by atoms with Crippen LogP contribution in [0.2, 0.25) is 0 Å². The molecule has 0 unspecified atom stereocenters. The molecule has 1 nitrogen and oxygen atoms in total. The van der Waals surface area contributed by atoms with E-state index in [9.17, 15) is 0 Å². The minimum absolute atomic E-state index is 0.176. The molecule has 2 heteroatoms. The Hall–Kier alpha value is -0.340. The highest BCUT2D eigenvalue weighted by Crippen LogP contribution is 2.32. The number of aryl methyl sites for hydroxylation is 1. The van der Waals surface area contributed by atoms with Crippen LogP contribution in [-0.2, 0) is 6.42 Å². The molecule has 0 radical (unpaired) electrons. The third kappa shape index (κ3) is 1.29. The van der Waals surface area contributed by atoms with Crippen molar-refractivity contribution in [3.8, 4) is 0 Å². The normalized spacial score (nSPS) is 28.2. The maximum absolute atomic E-state index is 6.04. The monoisotopic (exact) mass is 225 g/mol. The smallest absolute Gasteiger partial charge is 0.0424 e. The molecule has 0 spiro atoms. The number of rotatable bonds is 0. The number of halogens is 1. The van der Waals surface area contributed by atoms with Crippen LogP contribution in [0, 0.1) is 0 Å². The first kappa shape index (κ1) is 8.27. The molecule has 1 aromatic rings. The van der Waals surface area contributed by atoms with E-state index < -0.39 is 0 Å². The molecule has 2 atom stereocenters. The van der Waals surface area contributed by atoms with Gasteiger partial charge >= 0.3 is 0 Å². The standard InChI is InChI=1S/C10H12BrN/c11-9-6-5-7-3-1-2-4-8(7)10(9)12/h1-4,9-10H,5-6,12H2/t9-,10+/m0/s1. The van der Waals surface area contributed by atoms with Gasteiger partial charge in [-0.2, -0.15) is 0 Å². The van der Waals surface area contributed by atoms with Crippen molar-refractivity contribution < 1.29 is 0 Å². The Morgan fingerprint density at radius 3 is 2.92 bits per heavy atom. The molecule has 2 N–H and O–H groups in total. The summed E-state index contributed by atoms with van der Waals surface area (Å²) in [5.41, 5.74) is 8.77. The zero-order valence-corrected chi connectivity index (χ0v) is 8.42. The fourth-order valence-electron chi connectivity index (χ4n) is 1.75. The van der Waals surface area contributed by atoms with Crippen molar-refractivity contribution in [1.29, 1.82) is 0 Å². The molecule has 12 heavy (non-hydrogen) atoms. The van der Waals surface area contributed by atoms with E-state index >= 15 is 0 Å². The minimum atomic E-state index is 0.176. The summed E-state index contributed by atoms with van der Waals surface area (Å²) in [6.45, 7) is 0. The lowest BCUT2D eigenvalue weighted by molar-refractivity contribution is 0.595. The van der Waals surface area contributed by atoms with Gasteiger partial charge in [-0.25, -0.2) is 0 Å². The number of fused-ring (bicyclic) bond motifs is 1. The maximum atomic E-state index is 6.04.